The number of hydrogen-bond donors (Lipinski definition) is 2. The van der Waals surface area contributed by atoms with Crippen LogP contribution in [0.25, 0.3) is 16.8 Å². The molecule has 0 saturated carbocycles. The average molecular weight is 340 g/mol. The van der Waals surface area contributed by atoms with Gasteiger partial charge >= 0.3 is 0 Å². The third-order valence-corrected chi connectivity index (χ3v) is 4.52. The number of nitrogens with two attached hydrogens (primary N) is 1. The second-order valence-corrected chi connectivity index (χ2v) is 6.23. The third kappa shape index (κ3) is 2.62. The molecule has 130 valence electrons. The Labute approximate surface area is 144 Å². The van der Waals surface area contributed by atoms with Crippen LogP contribution < -0.4 is 11.1 Å². The SMILES string of the molecule is CC(=O)N1CCNCC1c1cc(N)n2ncc(-c3cnn(C)c3)c2n1. The molecule has 1 aliphatic rings. The molecule has 0 radical (unpaired) electrons. The van der Waals surface area contributed by atoms with Gasteiger partial charge in [0, 0.05) is 57.0 Å². The van der Waals surface area contributed by atoms with E-state index in [-0.39, 0.29) is 11.9 Å². The van der Waals surface area contributed by atoms with Crippen LogP contribution in [0.1, 0.15) is 18.7 Å². The quantitative estimate of drug-likeness (QED) is 0.690. The Kier molecular flexibility index (Phi) is 3.65. The van der Waals surface area contributed by atoms with Crippen LogP contribution in [0.3, 0.4) is 0 Å². The Morgan fingerprint density at radius 1 is 1.36 bits per heavy atom. The maximum Gasteiger partial charge on any atom is 0.220 e. The summed E-state index contributed by atoms with van der Waals surface area (Å²) in [6, 6.07) is 1.65. The van der Waals surface area contributed by atoms with E-state index in [1.54, 1.807) is 34.6 Å². The largest absolute Gasteiger partial charge is 0.384 e. The van der Waals surface area contributed by atoms with Crippen LogP contribution in [0.2, 0.25) is 0 Å². The lowest BCUT2D eigenvalue weighted by atomic mass is 10.1. The fraction of sp³-hybridized carbons (Fsp3) is 0.375. The molecule has 0 aromatic carbocycles. The fourth-order valence-electron chi connectivity index (χ4n) is 3.29. The summed E-state index contributed by atoms with van der Waals surface area (Å²) in [5.74, 6) is 0.525. The topological polar surface area (TPSA) is 106 Å². The van der Waals surface area contributed by atoms with Gasteiger partial charge in [0.1, 0.15) is 5.82 Å². The molecule has 0 aliphatic carbocycles. The minimum absolute atomic E-state index is 0.0349. The first-order valence-corrected chi connectivity index (χ1v) is 8.15. The van der Waals surface area contributed by atoms with Crippen LogP contribution in [0.15, 0.2) is 24.7 Å². The number of hydrogen-bond acceptors (Lipinski definition) is 6. The molecule has 4 rings (SSSR count). The van der Waals surface area contributed by atoms with Gasteiger partial charge in [-0.1, -0.05) is 0 Å². The molecular formula is C16H20N8O. The van der Waals surface area contributed by atoms with Crippen molar-refractivity contribution >= 4 is 17.4 Å². The van der Waals surface area contributed by atoms with Gasteiger partial charge < -0.3 is 16.0 Å². The molecule has 4 heterocycles. The summed E-state index contributed by atoms with van der Waals surface area (Å²) >= 11 is 0. The molecule has 0 spiro atoms. The molecule has 1 fully saturated rings. The van der Waals surface area contributed by atoms with Gasteiger partial charge in [-0.05, 0) is 0 Å². The number of nitrogens with zero attached hydrogens (tertiary/aromatic N) is 6. The van der Waals surface area contributed by atoms with E-state index >= 15 is 0 Å². The van der Waals surface area contributed by atoms with Crippen molar-refractivity contribution in [2.45, 2.75) is 13.0 Å². The first kappa shape index (κ1) is 15.6. The lowest BCUT2D eigenvalue weighted by Crippen LogP contribution is -2.48. The van der Waals surface area contributed by atoms with Gasteiger partial charge in [0.2, 0.25) is 5.91 Å². The van der Waals surface area contributed by atoms with Gasteiger partial charge in [0.15, 0.2) is 5.65 Å². The highest BCUT2D eigenvalue weighted by atomic mass is 16.2. The van der Waals surface area contributed by atoms with E-state index in [9.17, 15) is 4.79 Å². The van der Waals surface area contributed by atoms with Crippen molar-refractivity contribution in [3.63, 3.8) is 0 Å². The number of amides is 1. The number of aromatic nitrogens is 5. The Morgan fingerprint density at radius 3 is 2.92 bits per heavy atom. The van der Waals surface area contributed by atoms with Crippen LogP contribution in [0, 0.1) is 0 Å². The lowest BCUT2D eigenvalue weighted by molar-refractivity contribution is -0.132. The number of carbonyl (C=O) groups excluding carboxylic acids is 1. The number of piperazine rings is 1. The van der Waals surface area contributed by atoms with Crippen molar-refractivity contribution < 1.29 is 4.79 Å². The molecule has 0 bridgehead atoms. The molecule has 1 aliphatic heterocycles. The molecule has 1 unspecified atom stereocenters. The maximum absolute atomic E-state index is 12.0. The van der Waals surface area contributed by atoms with Crippen LogP contribution in [-0.4, -0.2) is 54.8 Å². The Bertz CT molecular complexity index is 943. The van der Waals surface area contributed by atoms with Crippen LogP contribution in [-0.2, 0) is 11.8 Å². The lowest BCUT2D eigenvalue weighted by Gasteiger charge is -2.35. The summed E-state index contributed by atoms with van der Waals surface area (Å²) in [5, 5.41) is 11.9. The standard InChI is InChI=1S/C16H20N8O/c1-10(25)23-4-3-18-8-14(23)13-5-15(17)24-16(21-13)12(7-20-24)11-6-19-22(2)9-11/h5-7,9,14,18H,3-4,8,17H2,1-2H3. The van der Waals surface area contributed by atoms with E-state index in [0.717, 1.165) is 23.4 Å². The molecule has 3 aromatic heterocycles. The second kappa shape index (κ2) is 5.85. The zero-order chi connectivity index (χ0) is 17.6. The highest BCUT2D eigenvalue weighted by Crippen LogP contribution is 2.28. The van der Waals surface area contributed by atoms with E-state index in [2.05, 4.69) is 15.5 Å². The van der Waals surface area contributed by atoms with Gasteiger partial charge in [-0.3, -0.25) is 9.48 Å². The molecule has 1 saturated heterocycles. The second-order valence-electron chi connectivity index (χ2n) is 6.23. The highest BCUT2D eigenvalue weighted by Gasteiger charge is 2.28. The number of carbonyl (C=O) groups is 1. The third-order valence-electron chi connectivity index (χ3n) is 4.52. The predicted octanol–water partition coefficient (Wildman–Crippen LogP) is 0.205. The highest BCUT2D eigenvalue weighted by molar-refractivity contribution is 5.77. The number of nitrogens with one attached hydrogen (secondary N) is 1. The van der Waals surface area contributed by atoms with Crippen molar-refractivity contribution in [2.24, 2.45) is 7.05 Å². The van der Waals surface area contributed by atoms with Crippen LogP contribution in [0.5, 0.6) is 0 Å². The Balaban J connectivity index is 1.84. The molecule has 1 amide bonds. The molecule has 3 N–H and O–H groups in total. The number of rotatable bonds is 2. The van der Waals surface area contributed by atoms with Crippen LogP contribution in [0.4, 0.5) is 5.82 Å². The Morgan fingerprint density at radius 2 is 2.20 bits per heavy atom. The van der Waals surface area contributed by atoms with Gasteiger partial charge in [-0.2, -0.15) is 14.7 Å². The summed E-state index contributed by atoms with van der Waals surface area (Å²) in [6.07, 6.45) is 5.42. The molecule has 9 heteroatoms. The van der Waals surface area contributed by atoms with E-state index in [4.69, 9.17) is 10.7 Å². The van der Waals surface area contributed by atoms with Crippen molar-refractivity contribution in [1.82, 2.24) is 34.6 Å². The van der Waals surface area contributed by atoms with Crippen molar-refractivity contribution in [2.75, 3.05) is 25.4 Å². The summed E-state index contributed by atoms with van der Waals surface area (Å²) < 4.78 is 3.34. The number of aryl methyl sites for hydroxylation is 1. The minimum atomic E-state index is -0.143. The molecular weight excluding hydrogens is 320 g/mol. The summed E-state index contributed by atoms with van der Waals surface area (Å²) in [4.78, 5) is 18.6. The molecule has 9 nitrogen and oxygen atoms in total. The van der Waals surface area contributed by atoms with Gasteiger partial charge in [-0.15, -0.1) is 0 Å². The normalized spacial score (nSPS) is 18.0. The molecule has 1 atom stereocenters. The Hall–Kier alpha value is -2.94. The van der Waals surface area contributed by atoms with Gasteiger partial charge in [-0.25, -0.2) is 4.98 Å². The number of nitrogen functional groups attached to an aromatic ring is 1. The first-order valence-electron chi connectivity index (χ1n) is 8.15. The number of anilines is 1. The summed E-state index contributed by atoms with van der Waals surface area (Å²) in [6.45, 7) is 3.67. The first-order chi connectivity index (χ1) is 12.0. The van der Waals surface area contributed by atoms with E-state index in [0.29, 0.717) is 24.6 Å². The smallest absolute Gasteiger partial charge is 0.220 e. The average Bonchev–Trinajstić information content (AvgIpc) is 3.21. The summed E-state index contributed by atoms with van der Waals surface area (Å²) in [7, 11) is 1.86. The fourth-order valence-corrected chi connectivity index (χ4v) is 3.29. The van der Waals surface area contributed by atoms with Gasteiger partial charge in [0.05, 0.1) is 24.1 Å². The maximum atomic E-state index is 12.0. The zero-order valence-electron chi connectivity index (χ0n) is 14.2. The minimum Gasteiger partial charge on any atom is -0.384 e. The van der Waals surface area contributed by atoms with E-state index in [1.807, 2.05) is 18.1 Å². The van der Waals surface area contributed by atoms with E-state index in [1.165, 1.54) is 0 Å². The zero-order valence-corrected chi connectivity index (χ0v) is 14.2. The van der Waals surface area contributed by atoms with Gasteiger partial charge in [0.25, 0.3) is 0 Å². The van der Waals surface area contributed by atoms with E-state index < -0.39 is 0 Å². The van der Waals surface area contributed by atoms with Crippen molar-refractivity contribution in [3.05, 3.63) is 30.4 Å². The van der Waals surface area contributed by atoms with Crippen LogP contribution >= 0.6 is 0 Å². The summed E-state index contributed by atoms with van der Waals surface area (Å²) in [5.41, 5.74) is 9.41. The molecule has 3 aromatic rings. The van der Waals surface area contributed by atoms with Crippen molar-refractivity contribution in [1.29, 1.82) is 0 Å². The number of fused-ring (bicyclic) bond motifs is 1. The van der Waals surface area contributed by atoms with Crippen molar-refractivity contribution in [3.8, 4) is 11.1 Å². The monoisotopic (exact) mass is 340 g/mol. The predicted molar refractivity (Wildman–Crippen MR) is 92.6 cm³/mol. The molecule has 25 heavy (non-hydrogen) atoms.